The SMILES string of the molecule is CCC(C)C(C)NCc1ccc(C)c(Cl)c1. The van der Waals surface area contributed by atoms with E-state index in [0.29, 0.717) is 12.0 Å². The number of benzene rings is 1. The lowest BCUT2D eigenvalue weighted by Gasteiger charge is -2.20. The normalized spacial score (nSPS) is 14.8. The van der Waals surface area contributed by atoms with Gasteiger partial charge < -0.3 is 5.32 Å². The highest BCUT2D eigenvalue weighted by molar-refractivity contribution is 6.31. The number of rotatable bonds is 5. The predicted octanol–water partition coefficient (Wildman–Crippen LogP) is 4.17. The minimum Gasteiger partial charge on any atom is -0.310 e. The number of hydrogen-bond acceptors (Lipinski definition) is 1. The summed E-state index contributed by atoms with van der Waals surface area (Å²) in [6.45, 7) is 9.67. The average Bonchev–Trinajstić information content (AvgIpc) is 2.29. The summed E-state index contributed by atoms with van der Waals surface area (Å²) < 4.78 is 0. The summed E-state index contributed by atoms with van der Waals surface area (Å²) in [4.78, 5) is 0. The van der Waals surface area contributed by atoms with Gasteiger partial charge in [0.25, 0.3) is 0 Å². The Labute approximate surface area is 104 Å². The molecule has 2 atom stereocenters. The molecule has 0 aliphatic heterocycles. The Balaban J connectivity index is 2.51. The monoisotopic (exact) mass is 239 g/mol. The largest absolute Gasteiger partial charge is 0.310 e. The van der Waals surface area contributed by atoms with Crippen LogP contribution in [-0.2, 0) is 6.54 Å². The van der Waals surface area contributed by atoms with Crippen molar-refractivity contribution >= 4 is 11.6 Å². The van der Waals surface area contributed by atoms with Gasteiger partial charge in [-0.2, -0.15) is 0 Å². The quantitative estimate of drug-likeness (QED) is 0.813. The highest BCUT2D eigenvalue weighted by atomic mass is 35.5. The first-order valence-corrected chi connectivity index (χ1v) is 6.40. The number of nitrogens with one attached hydrogen (secondary N) is 1. The molecule has 0 saturated carbocycles. The van der Waals surface area contributed by atoms with Crippen molar-refractivity contribution in [3.05, 3.63) is 34.3 Å². The summed E-state index contributed by atoms with van der Waals surface area (Å²) in [6, 6.07) is 6.81. The van der Waals surface area contributed by atoms with Crippen LogP contribution in [-0.4, -0.2) is 6.04 Å². The van der Waals surface area contributed by atoms with E-state index in [0.717, 1.165) is 17.1 Å². The minimum atomic E-state index is 0.546. The minimum absolute atomic E-state index is 0.546. The topological polar surface area (TPSA) is 12.0 Å². The molecule has 0 bridgehead atoms. The van der Waals surface area contributed by atoms with E-state index in [4.69, 9.17) is 11.6 Å². The van der Waals surface area contributed by atoms with Crippen LogP contribution in [0.3, 0.4) is 0 Å². The molecule has 0 amide bonds. The van der Waals surface area contributed by atoms with Crippen LogP contribution in [0.2, 0.25) is 5.02 Å². The molecule has 1 aromatic carbocycles. The Bertz CT molecular complexity index is 336. The first-order valence-electron chi connectivity index (χ1n) is 6.03. The molecule has 0 radical (unpaired) electrons. The Morgan fingerprint density at radius 1 is 1.31 bits per heavy atom. The van der Waals surface area contributed by atoms with Crippen molar-refractivity contribution in [2.24, 2.45) is 5.92 Å². The molecule has 0 fully saturated rings. The maximum absolute atomic E-state index is 6.09. The molecule has 0 aliphatic rings. The van der Waals surface area contributed by atoms with Crippen LogP contribution < -0.4 is 5.32 Å². The molecule has 2 heteroatoms. The van der Waals surface area contributed by atoms with Crippen LogP contribution in [0.4, 0.5) is 0 Å². The van der Waals surface area contributed by atoms with E-state index < -0.39 is 0 Å². The van der Waals surface area contributed by atoms with E-state index in [2.05, 4.69) is 38.2 Å². The van der Waals surface area contributed by atoms with Gasteiger partial charge in [0.2, 0.25) is 0 Å². The second kappa shape index (κ2) is 6.27. The van der Waals surface area contributed by atoms with Gasteiger partial charge in [0.05, 0.1) is 0 Å². The fourth-order valence-corrected chi connectivity index (χ4v) is 1.78. The molecule has 1 rings (SSSR count). The first kappa shape index (κ1) is 13.5. The smallest absolute Gasteiger partial charge is 0.0438 e. The zero-order valence-electron chi connectivity index (χ0n) is 10.7. The summed E-state index contributed by atoms with van der Waals surface area (Å²) in [5, 5.41) is 4.39. The standard InChI is InChI=1S/C14H22ClN/c1-5-10(2)12(4)16-9-13-7-6-11(3)14(15)8-13/h6-8,10,12,16H,5,9H2,1-4H3. The lowest BCUT2D eigenvalue weighted by Crippen LogP contribution is -2.31. The number of halogens is 1. The molecule has 90 valence electrons. The summed E-state index contributed by atoms with van der Waals surface area (Å²) in [6.07, 6.45) is 1.21. The van der Waals surface area contributed by atoms with E-state index in [1.165, 1.54) is 12.0 Å². The van der Waals surface area contributed by atoms with Gasteiger partial charge in [0, 0.05) is 17.6 Å². The van der Waals surface area contributed by atoms with Crippen LogP contribution in [0.15, 0.2) is 18.2 Å². The summed E-state index contributed by atoms with van der Waals surface area (Å²) >= 11 is 6.09. The van der Waals surface area contributed by atoms with Crippen molar-refractivity contribution in [3.8, 4) is 0 Å². The third-order valence-corrected chi connectivity index (χ3v) is 3.77. The van der Waals surface area contributed by atoms with Crippen LogP contribution in [0.5, 0.6) is 0 Å². The van der Waals surface area contributed by atoms with Crippen molar-refractivity contribution in [3.63, 3.8) is 0 Å². The molecule has 1 nitrogen and oxygen atoms in total. The maximum Gasteiger partial charge on any atom is 0.0438 e. The second-order valence-electron chi connectivity index (χ2n) is 4.64. The van der Waals surface area contributed by atoms with Gasteiger partial charge in [0.15, 0.2) is 0 Å². The van der Waals surface area contributed by atoms with Gasteiger partial charge in [-0.1, -0.05) is 44.0 Å². The lowest BCUT2D eigenvalue weighted by molar-refractivity contribution is 0.389. The van der Waals surface area contributed by atoms with Crippen LogP contribution >= 0.6 is 11.6 Å². The van der Waals surface area contributed by atoms with Crippen molar-refractivity contribution in [1.82, 2.24) is 5.32 Å². The van der Waals surface area contributed by atoms with Crippen LogP contribution in [0, 0.1) is 12.8 Å². The molecule has 0 aromatic heterocycles. The first-order chi connectivity index (χ1) is 7.54. The van der Waals surface area contributed by atoms with Crippen molar-refractivity contribution in [1.29, 1.82) is 0 Å². The third-order valence-electron chi connectivity index (χ3n) is 3.36. The molecule has 0 heterocycles. The highest BCUT2D eigenvalue weighted by Crippen LogP contribution is 2.17. The third kappa shape index (κ3) is 3.80. The molecule has 1 N–H and O–H groups in total. The molecular weight excluding hydrogens is 218 g/mol. The second-order valence-corrected chi connectivity index (χ2v) is 5.05. The van der Waals surface area contributed by atoms with Gasteiger partial charge in [0.1, 0.15) is 0 Å². The highest BCUT2D eigenvalue weighted by Gasteiger charge is 2.09. The van der Waals surface area contributed by atoms with Crippen molar-refractivity contribution in [2.75, 3.05) is 0 Å². The van der Waals surface area contributed by atoms with Gasteiger partial charge in [-0.15, -0.1) is 0 Å². The zero-order chi connectivity index (χ0) is 12.1. The van der Waals surface area contributed by atoms with Crippen LogP contribution in [0.25, 0.3) is 0 Å². The summed E-state index contributed by atoms with van der Waals surface area (Å²) in [5.41, 5.74) is 2.39. The molecular formula is C14H22ClN. The molecule has 16 heavy (non-hydrogen) atoms. The van der Waals surface area contributed by atoms with Gasteiger partial charge in [-0.3, -0.25) is 0 Å². The van der Waals surface area contributed by atoms with Crippen molar-refractivity contribution in [2.45, 2.75) is 46.7 Å². The molecule has 1 aromatic rings. The fourth-order valence-electron chi connectivity index (χ4n) is 1.58. The van der Waals surface area contributed by atoms with E-state index in [9.17, 15) is 0 Å². The van der Waals surface area contributed by atoms with Crippen LogP contribution in [0.1, 0.15) is 38.3 Å². The van der Waals surface area contributed by atoms with E-state index in [1.54, 1.807) is 0 Å². The fraction of sp³-hybridized carbons (Fsp3) is 0.571. The summed E-state index contributed by atoms with van der Waals surface area (Å²) in [5.74, 6) is 0.709. The van der Waals surface area contributed by atoms with E-state index in [1.807, 2.05) is 13.0 Å². The van der Waals surface area contributed by atoms with E-state index >= 15 is 0 Å². The van der Waals surface area contributed by atoms with Gasteiger partial charge in [-0.05, 0) is 37.0 Å². The number of hydrogen-bond donors (Lipinski definition) is 1. The van der Waals surface area contributed by atoms with Gasteiger partial charge >= 0.3 is 0 Å². The Morgan fingerprint density at radius 2 is 2.00 bits per heavy atom. The predicted molar refractivity (Wildman–Crippen MR) is 71.9 cm³/mol. The zero-order valence-corrected chi connectivity index (χ0v) is 11.4. The van der Waals surface area contributed by atoms with Gasteiger partial charge in [-0.25, -0.2) is 0 Å². The van der Waals surface area contributed by atoms with E-state index in [-0.39, 0.29) is 0 Å². The molecule has 0 spiro atoms. The number of aryl methyl sites for hydroxylation is 1. The average molecular weight is 240 g/mol. The van der Waals surface area contributed by atoms with Crippen molar-refractivity contribution < 1.29 is 0 Å². The molecule has 2 unspecified atom stereocenters. The maximum atomic E-state index is 6.09. The Morgan fingerprint density at radius 3 is 2.56 bits per heavy atom. The molecule has 0 aliphatic carbocycles. The Kier molecular flexibility index (Phi) is 5.30. The lowest BCUT2D eigenvalue weighted by atomic mass is 10.0. The summed E-state index contributed by atoms with van der Waals surface area (Å²) in [7, 11) is 0. The molecule has 0 saturated heterocycles. The Hall–Kier alpha value is -0.530.